The molecule has 6 nitrogen and oxygen atoms in total. The van der Waals surface area contributed by atoms with Gasteiger partial charge in [-0.15, -0.1) is 0 Å². The highest BCUT2D eigenvalue weighted by Crippen LogP contribution is 2.15. The molecular weight excluding hydrogens is 330 g/mol. The Morgan fingerprint density at radius 2 is 2.08 bits per heavy atom. The number of hydrogen-bond donors (Lipinski definition) is 1. The van der Waals surface area contributed by atoms with Gasteiger partial charge in [-0.2, -0.15) is 0 Å². The number of amides is 2. The van der Waals surface area contributed by atoms with Crippen LogP contribution in [-0.2, 0) is 22.4 Å². The van der Waals surface area contributed by atoms with Gasteiger partial charge in [0.2, 0.25) is 11.8 Å². The average molecular weight is 353 g/mol. The highest BCUT2D eigenvalue weighted by atomic mass is 16.5. The Morgan fingerprint density at radius 1 is 1.27 bits per heavy atom. The van der Waals surface area contributed by atoms with Gasteiger partial charge in [-0.25, -0.2) is 0 Å². The first-order valence-corrected chi connectivity index (χ1v) is 8.73. The van der Waals surface area contributed by atoms with Gasteiger partial charge in [0.15, 0.2) is 0 Å². The topological polar surface area (TPSA) is 71.5 Å². The Morgan fingerprint density at radius 3 is 2.77 bits per heavy atom. The summed E-state index contributed by atoms with van der Waals surface area (Å²) in [7, 11) is 1.64. The molecule has 1 aliphatic heterocycles. The van der Waals surface area contributed by atoms with E-state index in [4.69, 9.17) is 4.74 Å². The van der Waals surface area contributed by atoms with Crippen LogP contribution in [0.1, 0.15) is 17.5 Å². The molecule has 3 rings (SSSR count). The van der Waals surface area contributed by atoms with Gasteiger partial charge in [-0.05, 0) is 35.7 Å². The maximum absolute atomic E-state index is 12.2. The lowest BCUT2D eigenvalue weighted by molar-refractivity contribution is -0.127. The molecule has 0 radical (unpaired) electrons. The number of nitrogens with zero attached hydrogens (tertiary/aromatic N) is 2. The van der Waals surface area contributed by atoms with E-state index < -0.39 is 0 Å². The van der Waals surface area contributed by atoms with E-state index in [-0.39, 0.29) is 24.3 Å². The molecule has 0 saturated carbocycles. The van der Waals surface area contributed by atoms with Crippen molar-refractivity contribution in [2.75, 3.05) is 20.2 Å². The number of nitrogens with one attached hydrogen (secondary N) is 1. The first kappa shape index (κ1) is 17.9. The van der Waals surface area contributed by atoms with Crippen molar-refractivity contribution in [1.82, 2.24) is 15.2 Å². The van der Waals surface area contributed by atoms with E-state index >= 15 is 0 Å². The van der Waals surface area contributed by atoms with E-state index in [0.717, 1.165) is 23.3 Å². The first-order chi connectivity index (χ1) is 12.6. The van der Waals surface area contributed by atoms with E-state index in [9.17, 15) is 9.59 Å². The van der Waals surface area contributed by atoms with E-state index in [2.05, 4.69) is 10.3 Å². The molecule has 2 aromatic rings. The fourth-order valence-electron chi connectivity index (χ4n) is 3.11. The number of likely N-dealkylation sites (tertiary alicyclic amines) is 1. The number of benzene rings is 1. The fraction of sp³-hybridized carbons (Fsp3) is 0.350. The summed E-state index contributed by atoms with van der Waals surface area (Å²) in [6.07, 6.45) is 4.79. The van der Waals surface area contributed by atoms with Crippen molar-refractivity contribution in [3.8, 4) is 5.75 Å². The van der Waals surface area contributed by atoms with Crippen molar-refractivity contribution in [3.63, 3.8) is 0 Å². The smallest absolute Gasteiger partial charge is 0.224 e. The van der Waals surface area contributed by atoms with Crippen LogP contribution in [0.25, 0.3) is 0 Å². The molecule has 26 heavy (non-hydrogen) atoms. The third kappa shape index (κ3) is 4.81. The van der Waals surface area contributed by atoms with Gasteiger partial charge in [0.1, 0.15) is 5.75 Å². The predicted molar refractivity (Wildman–Crippen MR) is 97.8 cm³/mol. The van der Waals surface area contributed by atoms with Gasteiger partial charge in [0, 0.05) is 31.9 Å². The maximum Gasteiger partial charge on any atom is 0.224 e. The second kappa shape index (κ2) is 8.47. The summed E-state index contributed by atoms with van der Waals surface area (Å²) in [5, 5.41) is 2.96. The van der Waals surface area contributed by atoms with Gasteiger partial charge in [0.05, 0.1) is 19.6 Å². The number of hydrogen-bond acceptors (Lipinski definition) is 4. The van der Waals surface area contributed by atoms with Gasteiger partial charge >= 0.3 is 0 Å². The van der Waals surface area contributed by atoms with Crippen LogP contribution in [0.2, 0.25) is 0 Å². The fourth-order valence-corrected chi connectivity index (χ4v) is 3.11. The molecule has 1 aromatic heterocycles. The van der Waals surface area contributed by atoms with Crippen LogP contribution >= 0.6 is 0 Å². The lowest BCUT2D eigenvalue weighted by atomic mass is 10.1. The summed E-state index contributed by atoms with van der Waals surface area (Å²) in [5.41, 5.74) is 2.02. The van der Waals surface area contributed by atoms with Gasteiger partial charge in [-0.1, -0.05) is 18.2 Å². The summed E-state index contributed by atoms with van der Waals surface area (Å²) in [5.74, 6) is 0.834. The quantitative estimate of drug-likeness (QED) is 0.821. The van der Waals surface area contributed by atoms with E-state index in [1.54, 1.807) is 19.5 Å². The molecule has 2 amide bonds. The minimum atomic E-state index is -0.123. The van der Waals surface area contributed by atoms with E-state index in [0.29, 0.717) is 19.5 Å². The van der Waals surface area contributed by atoms with E-state index in [1.165, 1.54) is 0 Å². The number of aromatic nitrogens is 1. The summed E-state index contributed by atoms with van der Waals surface area (Å²) >= 11 is 0. The van der Waals surface area contributed by atoms with Crippen LogP contribution in [0.15, 0.2) is 48.8 Å². The standard InChI is InChI=1S/C20H23N3O3/c1-26-18-6-4-15(5-7-18)8-10-23-14-17(12-20(23)25)22-19(24)11-16-3-2-9-21-13-16/h2-7,9,13,17H,8,10-12,14H2,1H3,(H,22,24)/t17-/m0/s1. The largest absolute Gasteiger partial charge is 0.497 e. The van der Waals surface area contributed by atoms with Crippen LogP contribution in [0.5, 0.6) is 5.75 Å². The molecule has 0 bridgehead atoms. The monoisotopic (exact) mass is 353 g/mol. The Hall–Kier alpha value is -2.89. The molecule has 1 N–H and O–H groups in total. The van der Waals surface area contributed by atoms with Gasteiger partial charge in [-0.3, -0.25) is 14.6 Å². The van der Waals surface area contributed by atoms with Crippen molar-refractivity contribution >= 4 is 11.8 Å². The van der Waals surface area contributed by atoms with Crippen molar-refractivity contribution < 1.29 is 14.3 Å². The highest BCUT2D eigenvalue weighted by Gasteiger charge is 2.30. The zero-order valence-electron chi connectivity index (χ0n) is 14.9. The van der Waals surface area contributed by atoms with Crippen LogP contribution < -0.4 is 10.1 Å². The minimum absolute atomic E-state index is 0.0761. The predicted octanol–water partition coefficient (Wildman–Crippen LogP) is 1.59. The molecule has 1 atom stereocenters. The molecule has 1 fully saturated rings. The first-order valence-electron chi connectivity index (χ1n) is 8.73. The SMILES string of the molecule is COc1ccc(CCN2C[C@@H](NC(=O)Cc3cccnc3)CC2=O)cc1. The number of carbonyl (C=O) groups is 2. The Labute approximate surface area is 153 Å². The maximum atomic E-state index is 12.2. The van der Waals surface area contributed by atoms with Crippen molar-refractivity contribution in [3.05, 3.63) is 59.9 Å². The molecule has 2 heterocycles. The summed E-state index contributed by atoms with van der Waals surface area (Å²) in [6.45, 7) is 1.22. The Balaban J connectivity index is 1.46. The van der Waals surface area contributed by atoms with Crippen molar-refractivity contribution in [1.29, 1.82) is 0 Å². The van der Waals surface area contributed by atoms with Crippen LogP contribution in [0.4, 0.5) is 0 Å². The third-order valence-corrected chi connectivity index (χ3v) is 4.50. The Bertz CT molecular complexity index is 747. The van der Waals surface area contributed by atoms with E-state index in [1.807, 2.05) is 41.3 Å². The summed E-state index contributed by atoms with van der Waals surface area (Å²) < 4.78 is 5.15. The van der Waals surface area contributed by atoms with Crippen LogP contribution in [-0.4, -0.2) is 47.9 Å². The second-order valence-corrected chi connectivity index (χ2v) is 6.44. The summed E-state index contributed by atoms with van der Waals surface area (Å²) in [4.78, 5) is 30.2. The summed E-state index contributed by atoms with van der Waals surface area (Å²) in [6, 6.07) is 11.4. The zero-order chi connectivity index (χ0) is 18.4. The molecule has 1 aliphatic rings. The lowest BCUT2D eigenvalue weighted by Gasteiger charge is -2.17. The second-order valence-electron chi connectivity index (χ2n) is 6.44. The van der Waals surface area contributed by atoms with Crippen molar-refractivity contribution in [2.24, 2.45) is 0 Å². The van der Waals surface area contributed by atoms with Crippen LogP contribution in [0.3, 0.4) is 0 Å². The van der Waals surface area contributed by atoms with Gasteiger partial charge < -0.3 is 15.0 Å². The van der Waals surface area contributed by atoms with Crippen LogP contribution in [0, 0.1) is 0 Å². The number of pyridine rings is 1. The molecule has 0 unspecified atom stereocenters. The number of rotatable bonds is 7. The number of ether oxygens (including phenoxy) is 1. The average Bonchev–Trinajstić information content (AvgIpc) is 3.00. The molecular formula is C20H23N3O3. The lowest BCUT2D eigenvalue weighted by Crippen LogP contribution is -2.38. The number of methoxy groups -OCH3 is 1. The third-order valence-electron chi connectivity index (χ3n) is 4.50. The Kier molecular flexibility index (Phi) is 5.84. The highest BCUT2D eigenvalue weighted by molar-refractivity contribution is 5.83. The molecule has 0 spiro atoms. The molecule has 1 saturated heterocycles. The minimum Gasteiger partial charge on any atom is -0.497 e. The molecule has 136 valence electrons. The molecule has 0 aliphatic carbocycles. The normalized spacial score (nSPS) is 16.6. The zero-order valence-corrected chi connectivity index (χ0v) is 14.9. The van der Waals surface area contributed by atoms with Crippen molar-refractivity contribution in [2.45, 2.75) is 25.3 Å². The molecule has 6 heteroatoms. The molecule has 1 aromatic carbocycles. The van der Waals surface area contributed by atoms with Gasteiger partial charge in [0.25, 0.3) is 0 Å². The number of carbonyl (C=O) groups excluding carboxylic acids is 2.